The van der Waals surface area contributed by atoms with Gasteiger partial charge in [-0.1, -0.05) is 29.3 Å². The fraction of sp³-hybridized carbons (Fsp3) is 0.100. The Morgan fingerprint density at radius 3 is 2.77 bits per heavy atom. The highest BCUT2D eigenvalue weighted by Crippen LogP contribution is 2.35. The number of thiocarbonyl (C=S) groups is 1. The van der Waals surface area contributed by atoms with Crippen molar-refractivity contribution in [2.45, 2.75) is 6.92 Å². The van der Waals surface area contributed by atoms with Gasteiger partial charge < -0.3 is 10.4 Å². The number of hydrogen-bond acceptors (Lipinski definition) is 5. The van der Waals surface area contributed by atoms with E-state index >= 15 is 0 Å². The van der Waals surface area contributed by atoms with Crippen LogP contribution in [0.2, 0.25) is 10.0 Å². The van der Waals surface area contributed by atoms with Crippen molar-refractivity contribution in [1.29, 1.82) is 0 Å². The molecule has 0 saturated heterocycles. The van der Waals surface area contributed by atoms with Gasteiger partial charge in [-0.2, -0.15) is 15.3 Å². The third-order valence-electron chi connectivity index (χ3n) is 4.58. The number of benzene rings is 2. The highest BCUT2D eigenvalue weighted by Gasteiger charge is 2.19. The van der Waals surface area contributed by atoms with E-state index in [1.807, 2.05) is 18.2 Å². The molecule has 31 heavy (non-hydrogen) atoms. The molecule has 0 atom stereocenters. The minimum Gasteiger partial charge on any atom is -0.504 e. The van der Waals surface area contributed by atoms with Crippen molar-refractivity contribution >= 4 is 62.8 Å². The minimum absolute atomic E-state index is 0.0208. The summed E-state index contributed by atoms with van der Waals surface area (Å²) in [5.41, 5.74) is 6.39. The molecule has 0 aliphatic carbocycles. The van der Waals surface area contributed by atoms with Gasteiger partial charge in [0.25, 0.3) is 0 Å². The molecule has 11 heteroatoms. The Bertz CT molecular complexity index is 1330. The van der Waals surface area contributed by atoms with Crippen molar-refractivity contribution in [3.8, 4) is 17.0 Å². The Balaban J connectivity index is 1.51. The van der Waals surface area contributed by atoms with Gasteiger partial charge in [0.15, 0.2) is 16.6 Å². The fourth-order valence-corrected chi connectivity index (χ4v) is 3.55. The van der Waals surface area contributed by atoms with Gasteiger partial charge in [0.05, 0.1) is 27.5 Å². The molecule has 0 amide bonds. The first-order chi connectivity index (χ1) is 14.8. The summed E-state index contributed by atoms with van der Waals surface area (Å²) in [6, 6.07) is 10.8. The van der Waals surface area contributed by atoms with E-state index in [-0.39, 0.29) is 5.75 Å². The van der Waals surface area contributed by atoms with Crippen LogP contribution in [0.5, 0.6) is 5.75 Å². The van der Waals surface area contributed by atoms with Crippen molar-refractivity contribution in [2.75, 3.05) is 5.32 Å². The first kappa shape index (κ1) is 21.1. The van der Waals surface area contributed by atoms with E-state index in [0.29, 0.717) is 37.8 Å². The van der Waals surface area contributed by atoms with Gasteiger partial charge in [-0.05, 0) is 49.5 Å². The summed E-state index contributed by atoms with van der Waals surface area (Å²) in [6.07, 6.45) is 1.74. The third kappa shape index (κ3) is 4.34. The number of nitrogens with zero attached hydrogens (tertiary/aromatic N) is 4. The molecule has 0 bridgehead atoms. The van der Waals surface area contributed by atoms with Gasteiger partial charge in [0, 0.05) is 23.7 Å². The second-order valence-corrected chi connectivity index (χ2v) is 7.96. The summed E-state index contributed by atoms with van der Waals surface area (Å²) in [6.45, 7) is 1.72. The average Bonchev–Trinajstić information content (AvgIpc) is 3.32. The van der Waals surface area contributed by atoms with E-state index in [1.54, 1.807) is 43.0 Å². The first-order valence-corrected chi connectivity index (χ1v) is 10.3. The first-order valence-electron chi connectivity index (χ1n) is 9.09. The molecule has 4 N–H and O–H groups in total. The molecule has 0 spiro atoms. The fourth-order valence-electron chi connectivity index (χ4n) is 3.08. The van der Waals surface area contributed by atoms with Gasteiger partial charge in [-0.25, -0.2) is 0 Å². The Morgan fingerprint density at radius 2 is 2.00 bits per heavy atom. The lowest BCUT2D eigenvalue weighted by atomic mass is 10.1. The summed E-state index contributed by atoms with van der Waals surface area (Å²) >= 11 is 17.4. The minimum atomic E-state index is -0.0208. The van der Waals surface area contributed by atoms with Crippen molar-refractivity contribution in [1.82, 2.24) is 25.4 Å². The topological polar surface area (TPSA) is 103 Å². The SMILES string of the molecule is C/C(=N\NC(=S)Nc1ccc2cn[nH]c2c1)c1nn(C)c(-c2ccc(Cl)c(Cl)c2)c1O. The third-order valence-corrected chi connectivity index (χ3v) is 5.52. The summed E-state index contributed by atoms with van der Waals surface area (Å²) in [4.78, 5) is 0. The van der Waals surface area contributed by atoms with E-state index in [0.717, 1.165) is 16.6 Å². The lowest BCUT2D eigenvalue weighted by Gasteiger charge is -2.07. The van der Waals surface area contributed by atoms with Gasteiger partial charge in [-0.15, -0.1) is 0 Å². The van der Waals surface area contributed by atoms with E-state index < -0.39 is 0 Å². The highest BCUT2D eigenvalue weighted by atomic mass is 35.5. The number of halogens is 2. The lowest BCUT2D eigenvalue weighted by Crippen LogP contribution is -2.25. The maximum absolute atomic E-state index is 10.7. The zero-order valence-corrected chi connectivity index (χ0v) is 18.8. The monoisotopic (exact) mass is 473 g/mol. The van der Waals surface area contributed by atoms with Gasteiger partial charge in [0.2, 0.25) is 0 Å². The van der Waals surface area contributed by atoms with Crippen molar-refractivity contribution in [2.24, 2.45) is 12.1 Å². The molecule has 158 valence electrons. The standard InChI is InChI=1S/C20H17Cl2N7OS/c1-10(25-27-20(31)24-13-5-3-12-9-23-26-16(12)8-13)17-19(30)18(29(2)28-17)11-4-6-14(21)15(22)7-11/h3-9,30H,1-2H3,(H,23,26)(H2,24,27,31)/b25-10+. The lowest BCUT2D eigenvalue weighted by molar-refractivity contribution is 0.475. The maximum Gasteiger partial charge on any atom is 0.191 e. The summed E-state index contributed by atoms with van der Waals surface area (Å²) in [5, 5.41) is 31.4. The molecule has 0 aliphatic rings. The molecule has 0 fully saturated rings. The molecule has 4 rings (SSSR count). The zero-order chi connectivity index (χ0) is 22.1. The molecular weight excluding hydrogens is 457 g/mol. The van der Waals surface area contributed by atoms with Crippen molar-refractivity contribution < 1.29 is 5.11 Å². The van der Waals surface area contributed by atoms with Crippen LogP contribution in [0.25, 0.3) is 22.2 Å². The number of aromatic hydroxyl groups is 1. The van der Waals surface area contributed by atoms with Crippen LogP contribution < -0.4 is 10.7 Å². The second-order valence-electron chi connectivity index (χ2n) is 6.73. The largest absolute Gasteiger partial charge is 0.504 e. The van der Waals surface area contributed by atoms with Crippen molar-refractivity contribution in [3.63, 3.8) is 0 Å². The number of anilines is 1. The average molecular weight is 474 g/mol. The number of H-pyrrole nitrogens is 1. The Morgan fingerprint density at radius 1 is 1.19 bits per heavy atom. The van der Waals surface area contributed by atoms with Gasteiger partial charge >= 0.3 is 0 Å². The maximum atomic E-state index is 10.7. The quantitative estimate of drug-likeness (QED) is 0.195. The Labute approximate surface area is 192 Å². The molecule has 2 aromatic carbocycles. The van der Waals surface area contributed by atoms with Gasteiger partial charge in [-0.3, -0.25) is 15.2 Å². The number of fused-ring (bicyclic) bond motifs is 1. The predicted octanol–water partition coefficient (Wildman–Crippen LogP) is 4.69. The number of aromatic nitrogens is 4. The van der Waals surface area contributed by atoms with Crippen LogP contribution in [0.1, 0.15) is 12.6 Å². The van der Waals surface area contributed by atoms with Gasteiger partial charge in [0.1, 0.15) is 5.69 Å². The molecule has 0 radical (unpaired) electrons. The normalized spacial score (nSPS) is 11.7. The molecule has 0 unspecified atom stereocenters. The zero-order valence-electron chi connectivity index (χ0n) is 16.4. The summed E-state index contributed by atoms with van der Waals surface area (Å²) in [5.74, 6) is -0.0208. The summed E-state index contributed by atoms with van der Waals surface area (Å²) in [7, 11) is 1.72. The van der Waals surface area contributed by atoms with Crippen LogP contribution in [0, 0.1) is 0 Å². The number of hydrazone groups is 1. The smallest absolute Gasteiger partial charge is 0.191 e. The Hall–Kier alpha value is -3.14. The van der Waals surface area contributed by atoms with Crippen LogP contribution in [0.3, 0.4) is 0 Å². The Kier molecular flexibility index (Phi) is 5.81. The molecule has 0 aliphatic heterocycles. The molecule has 2 heterocycles. The number of aryl methyl sites for hydroxylation is 1. The molecule has 0 saturated carbocycles. The van der Waals surface area contributed by atoms with Crippen LogP contribution in [-0.2, 0) is 7.05 Å². The van der Waals surface area contributed by atoms with Crippen LogP contribution >= 0.6 is 35.4 Å². The molecule has 4 aromatic rings. The van der Waals surface area contributed by atoms with Crippen LogP contribution in [-0.4, -0.2) is 35.9 Å². The highest BCUT2D eigenvalue weighted by molar-refractivity contribution is 7.80. The van der Waals surface area contributed by atoms with E-state index in [1.165, 1.54) is 0 Å². The van der Waals surface area contributed by atoms with Crippen LogP contribution in [0.15, 0.2) is 47.7 Å². The summed E-state index contributed by atoms with van der Waals surface area (Å²) < 4.78 is 1.55. The number of hydrogen-bond donors (Lipinski definition) is 4. The number of nitrogens with one attached hydrogen (secondary N) is 3. The number of rotatable bonds is 4. The molecule has 8 nitrogen and oxygen atoms in total. The number of aromatic amines is 1. The van der Waals surface area contributed by atoms with Crippen molar-refractivity contribution in [3.05, 3.63) is 58.3 Å². The van der Waals surface area contributed by atoms with E-state index in [4.69, 9.17) is 35.4 Å². The van der Waals surface area contributed by atoms with Crippen LogP contribution in [0.4, 0.5) is 5.69 Å². The van der Waals surface area contributed by atoms with E-state index in [9.17, 15) is 5.11 Å². The second kappa shape index (κ2) is 8.54. The molecule has 2 aromatic heterocycles. The molecular formula is C20H17Cl2N7OS. The van der Waals surface area contributed by atoms with E-state index in [2.05, 4.69) is 31.1 Å². The predicted molar refractivity (Wildman–Crippen MR) is 128 cm³/mol.